The van der Waals surface area contributed by atoms with Crippen molar-refractivity contribution in [3.05, 3.63) is 55.1 Å². The number of carbonyl (C=O) groups excluding carboxylic acids is 1. The number of sulfonamides is 1. The number of hydrogen-bond donors (Lipinski definition) is 1. The van der Waals surface area contributed by atoms with Crippen LogP contribution in [-0.2, 0) is 14.8 Å². The number of nitrogens with zero attached hydrogens (tertiary/aromatic N) is 1. The zero-order valence-electron chi connectivity index (χ0n) is 18.9. The van der Waals surface area contributed by atoms with Crippen molar-refractivity contribution in [2.45, 2.75) is 32.6 Å². The maximum Gasteiger partial charge on any atom is 0.261 e. The number of hydrogen-bond acceptors (Lipinski definition) is 5. The predicted octanol–water partition coefficient (Wildman–Crippen LogP) is 4.46. The van der Waals surface area contributed by atoms with Crippen molar-refractivity contribution in [1.29, 1.82) is 0 Å². The van der Waals surface area contributed by atoms with Gasteiger partial charge in [0.25, 0.3) is 10.0 Å². The lowest BCUT2D eigenvalue weighted by atomic mass is 9.93. The fourth-order valence-corrected chi connectivity index (χ4v) is 4.26. The van der Waals surface area contributed by atoms with Gasteiger partial charge in [-0.2, -0.15) is 0 Å². The number of amides is 1. The van der Waals surface area contributed by atoms with Crippen molar-refractivity contribution >= 4 is 27.3 Å². The van der Waals surface area contributed by atoms with E-state index < -0.39 is 15.4 Å². The molecule has 1 heterocycles. The summed E-state index contributed by atoms with van der Waals surface area (Å²) in [6.07, 6.45) is 1.63. The minimum Gasteiger partial charge on any atom is -0.493 e. The summed E-state index contributed by atoms with van der Waals surface area (Å²) >= 11 is 0. The summed E-state index contributed by atoms with van der Waals surface area (Å²) in [6.45, 7) is 12.5. The number of benzene rings is 2. The van der Waals surface area contributed by atoms with E-state index in [-0.39, 0.29) is 24.0 Å². The van der Waals surface area contributed by atoms with Gasteiger partial charge in [-0.05, 0) is 62.2 Å². The summed E-state index contributed by atoms with van der Waals surface area (Å²) in [5.74, 6) is 1.38. The van der Waals surface area contributed by atoms with E-state index in [1.807, 2.05) is 27.7 Å². The predicted molar refractivity (Wildman–Crippen MR) is 126 cm³/mol. The van der Waals surface area contributed by atoms with E-state index in [2.05, 4.69) is 11.3 Å². The second kappa shape index (κ2) is 9.24. The van der Waals surface area contributed by atoms with Crippen molar-refractivity contribution in [3.63, 3.8) is 0 Å². The van der Waals surface area contributed by atoms with Gasteiger partial charge in [-0.1, -0.05) is 19.9 Å². The minimum absolute atomic E-state index is 0.112. The van der Waals surface area contributed by atoms with Gasteiger partial charge in [0.05, 0.1) is 28.3 Å². The molecule has 1 aliphatic rings. The molecule has 32 heavy (non-hydrogen) atoms. The second-order valence-corrected chi connectivity index (χ2v) is 10.5. The van der Waals surface area contributed by atoms with Crippen LogP contribution in [0.3, 0.4) is 0 Å². The van der Waals surface area contributed by atoms with Gasteiger partial charge in [-0.15, -0.1) is 6.58 Å². The quantitative estimate of drug-likeness (QED) is 0.591. The summed E-state index contributed by atoms with van der Waals surface area (Å²) < 4.78 is 39.9. The molecule has 2 aromatic carbocycles. The molecule has 0 aliphatic carbocycles. The molecule has 7 nitrogen and oxygen atoms in total. The highest BCUT2D eigenvalue weighted by Gasteiger charge is 2.37. The molecule has 0 bridgehead atoms. The van der Waals surface area contributed by atoms with Crippen LogP contribution in [0.1, 0.15) is 27.7 Å². The van der Waals surface area contributed by atoms with Crippen LogP contribution in [-0.4, -0.2) is 34.1 Å². The molecule has 3 rings (SSSR count). The molecular formula is C24H30N2O5S. The molecule has 1 N–H and O–H groups in total. The Morgan fingerprint density at radius 1 is 1.22 bits per heavy atom. The molecule has 0 unspecified atom stereocenters. The standard InChI is InChI=1S/C24H30N2O5S/c1-6-13-26-21-14-18(7-12-22(21)31-16-24(4,5)23(26)27)25-32(28,29)20-10-8-19(9-11-20)30-15-17(2)3/h6-12,14,17,25H,1,13,15-16H2,2-5H3. The number of ether oxygens (including phenoxy) is 2. The SMILES string of the molecule is C=CCN1C(=O)C(C)(C)COc2ccc(NS(=O)(=O)c3ccc(OCC(C)C)cc3)cc21. The van der Waals surface area contributed by atoms with Crippen LogP contribution in [0, 0.1) is 11.3 Å². The lowest BCUT2D eigenvalue weighted by Gasteiger charge is -2.27. The van der Waals surface area contributed by atoms with E-state index in [1.165, 1.54) is 12.1 Å². The molecular weight excluding hydrogens is 428 g/mol. The van der Waals surface area contributed by atoms with E-state index in [1.54, 1.807) is 41.3 Å². The van der Waals surface area contributed by atoms with Gasteiger partial charge in [0, 0.05) is 6.54 Å². The number of rotatable bonds is 8. The number of fused-ring (bicyclic) bond motifs is 1. The molecule has 0 atom stereocenters. The Kier molecular flexibility index (Phi) is 6.83. The fourth-order valence-electron chi connectivity index (χ4n) is 3.21. The molecule has 1 aliphatic heterocycles. The molecule has 0 saturated carbocycles. The Morgan fingerprint density at radius 3 is 2.53 bits per heavy atom. The van der Waals surface area contributed by atoms with Gasteiger partial charge in [-0.3, -0.25) is 9.52 Å². The molecule has 2 aromatic rings. The molecule has 0 saturated heterocycles. The molecule has 1 amide bonds. The van der Waals surface area contributed by atoms with E-state index in [4.69, 9.17) is 9.47 Å². The van der Waals surface area contributed by atoms with Crippen LogP contribution in [0.5, 0.6) is 11.5 Å². The van der Waals surface area contributed by atoms with E-state index in [0.717, 1.165) is 0 Å². The highest BCUT2D eigenvalue weighted by molar-refractivity contribution is 7.92. The molecule has 172 valence electrons. The summed E-state index contributed by atoms with van der Waals surface area (Å²) in [5.41, 5.74) is 0.105. The first-order valence-corrected chi connectivity index (χ1v) is 12.0. The number of anilines is 2. The summed E-state index contributed by atoms with van der Waals surface area (Å²) in [4.78, 5) is 14.7. The smallest absolute Gasteiger partial charge is 0.261 e. The minimum atomic E-state index is -3.83. The first-order chi connectivity index (χ1) is 15.0. The third-order valence-electron chi connectivity index (χ3n) is 4.94. The monoisotopic (exact) mass is 458 g/mol. The van der Waals surface area contributed by atoms with Gasteiger partial charge < -0.3 is 14.4 Å². The third kappa shape index (κ3) is 5.24. The largest absolute Gasteiger partial charge is 0.493 e. The topological polar surface area (TPSA) is 84.9 Å². The molecule has 8 heteroatoms. The van der Waals surface area contributed by atoms with Crippen LogP contribution >= 0.6 is 0 Å². The van der Waals surface area contributed by atoms with Crippen LogP contribution in [0.2, 0.25) is 0 Å². The van der Waals surface area contributed by atoms with E-state index >= 15 is 0 Å². The van der Waals surface area contributed by atoms with Gasteiger partial charge in [-0.25, -0.2) is 8.42 Å². The van der Waals surface area contributed by atoms with Crippen molar-refractivity contribution in [2.24, 2.45) is 11.3 Å². The highest BCUT2D eigenvalue weighted by atomic mass is 32.2. The fraction of sp³-hybridized carbons (Fsp3) is 0.375. The Morgan fingerprint density at radius 2 is 1.91 bits per heavy atom. The van der Waals surface area contributed by atoms with Crippen LogP contribution in [0.4, 0.5) is 11.4 Å². The van der Waals surface area contributed by atoms with Gasteiger partial charge in [0.1, 0.15) is 18.1 Å². The third-order valence-corrected chi connectivity index (χ3v) is 6.34. The first kappa shape index (κ1) is 23.7. The molecule has 0 spiro atoms. The lowest BCUT2D eigenvalue weighted by Crippen LogP contribution is -2.42. The van der Waals surface area contributed by atoms with Gasteiger partial charge >= 0.3 is 0 Å². The Balaban J connectivity index is 1.86. The summed E-state index contributed by atoms with van der Waals surface area (Å²) in [5, 5.41) is 0. The van der Waals surface area contributed by atoms with Crippen molar-refractivity contribution < 1.29 is 22.7 Å². The molecule has 0 aromatic heterocycles. The van der Waals surface area contributed by atoms with Crippen LogP contribution in [0.15, 0.2) is 60.0 Å². The van der Waals surface area contributed by atoms with Crippen LogP contribution < -0.4 is 19.1 Å². The van der Waals surface area contributed by atoms with Gasteiger partial charge in [0.15, 0.2) is 0 Å². The maximum atomic E-state index is 13.0. The van der Waals surface area contributed by atoms with E-state index in [0.29, 0.717) is 35.4 Å². The van der Waals surface area contributed by atoms with E-state index in [9.17, 15) is 13.2 Å². The maximum absolute atomic E-state index is 13.0. The second-order valence-electron chi connectivity index (χ2n) is 8.84. The summed E-state index contributed by atoms with van der Waals surface area (Å²) in [7, 11) is -3.83. The number of carbonyl (C=O) groups is 1. The average Bonchev–Trinajstić information content (AvgIpc) is 2.83. The van der Waals surface area contributed by atoms with Crippen molar-refractivity contribution in [2.75, 3.05) is 29.4 Å². The summed E-state index contributed by atoms with van der Waals surface area (Å²) in [6, 6.07) is 11.2. The zero-order chi connectivity index (χ0) is 23.5. The average molecular weight is 459 g/mol. The highest BCUT2D eigenvalue weighted by Crippen LogP contribution is 2.38. The Bertz CT molecular complexity index is 1090. The number of nitrogens with one attached hydrogen (secondary N) is 1. The molecule has 0 fully saturated rings. The van der Waals surface area contributed by atoms with Crippen molar-refractivity contribution in [3.8, 4) is 11.5 Å². The first-order valence-electron chi connectivity index (χ1n) is 10.5. The van der Waals surface area contributed by atoms with Crippen molar-refractivity contribution in [1.82, 2.24) is 0 Å². The Hall–Kier alpha value is -3.00. The lowest BCUT2D eigenvalue weighted by molar-refractivity contribution is -0.127. The van der Waals surface area contributed by atoms with Gasteiger partial charge in [0.2, 0.25) is 5.91 Å². The molecule has 0 radical (unpaired) electrons. The Labute approximate surface area is 190 Å². The normalized spacial score (nSPS) is 15.5. The van der Waals surface area contributed by atoms with Crippen LogP contribution in [0.25, 0.3) is 0 Å². The zero-order valence-corrected chi connectivity index (χ0v) is 19.7.